The Hall–Kier alpha value is -2.45. The summed E-state index contributed by atoms with van der Waals surface area (Å²) >= 11 is 5.79. The standard InChI is InChI=1S/C29H42N6OS/c1-22-17-23(2)20-35(19-22)26-18-25(34-13-15-36-16-14-34)31-27(32-26)33-28(37)30-21-29(11-7-4-8-12-29)24-9-5-3-6-10-24/h3,5-6,9-10,18,22-23H,4,7-8,11-17,19-21H2,1-2H3,(H2,30,31,32,33,37). The second-order valence-corrected chi connectivity index (χ2v) is 11.8. The maximum atomic E-state index is 5.79. The molecule has 2 atom stereocenters. The lowest BCUT2D eigenvalue weighted by atomic mass is 9.69. The molecule has 2 aromatic rings. The number of hydrogen-bond donors (Lipinski definition) is 2. The largest absolute Gasteiger partial charge is 0.378 e. The zero-order valence-electron chi connectivity index (χ0n) is 22.4. The first-order valence-electron chi connectivity index (χ1n) is 14.1. The molecule has 8 heteroatoms. The maximum absolute atomic E-state index is 5.79. The summed E-state index contributed by atoms with van der Waals surface area (Å²) in [5.41, 5.74) is 1.53. The van der Waals surface area contributed by atoms with Crippen molar-refractivity contribution >= 4 is 34.9 Å². The average molecular weight is 523 g/mol. The third-order valence-electron chi connectivity index (χ3n) is 8.24. The molecule has 2 aliphatic heterocycles. The molecule has 0 spiro atoms. The minimum absolute atomic E-state index is 0.118. The van der Waals surface area contributed by atoms with Gasteiger partial charge in [-0.2, -0.15) is 9.97 Å². The van der Waals surface area contributed by atoms with Crippen molar-refractivity contribution in [3.05, 3.63) is 42.0 Å². The number of benzene rings is 1. The van der Waals surface area contributed by atoms with Crippen LogP contribution in [0.4, 0.5) is 17.6 Å². The number of thiocarbonyl (C=S) groups is 1. The molecule has 1 aliphatic carbocycles. The monoisotopic (exact) mass is 522 g/mol. The number of nitrogens with zero attached hydrogens (tertiary/aromatic N) is 4. The Balaban J connectivity index is 1.33. The van der Waals surface area contributed by atoms with Gasteiger partial charge in [-0.1, -0.05) is 63.4 Å². The van der Waals surface area contributed by atoms with E-state index in [1.54, 1.807) is 0 Å². The van der Waals surface area contributed by atoms with Gasteiger partial charge in [0.25, 0.3) is 0 Å². The van der Waals surface area contributed by atoms with E-state index >= 15 is 0 Å². The van der Waals surface area contributed by atoms with Gasteiger partial charge in [0, 0.05) is 44.2 Å². The van der Waals surface area contributed by atoms with Crippen LogP contribution in [-0.2, 0) is 10.2 Å². The fourth-order valence-electron chi connectivity index (χ4n) is 6.43. The first kappa shape index (κ1) is 26.2. The van der Waals surface area contributed by atoms with Gasteiger partial charge in [-0.15, -0.1) is 0 Å². The highest BCUT2D eigenvalue weighted by atomic mass is 32.1. The van der Waals surface area contributed by atoms with Crippen LogP contribution in [0.2, 0.25) is 0 Å². The van der Waals surface area contributed by atoms with Crippen molar-refractivity contribution in [3.8, 4) is 0 Å². The Labute approximate surface area is 227 Å². The molecule has 0 radical (unpaired) electrons. The highest BCUT2D eigenvalue weighted by Gasteiger charge is 2.34. The predicted octanol–water partition coefficient (Wildman–Crippen LogP) is 4.98. The molecule has 3 fully saturated rings. The summed E-state index contributed by atoms with van der Waals surface area (Å²) < 4.78 is 5.58. The van der Waals surface area contributed by atoms with Crippen molar-refractivity contribution in [1.29, 1.82) is 0 Å². The molecule has 1 aromatic heterocycles. The van der Waals surface area contributed by atoms with E-state index in [2.05, 4.69) is 70.7 Å². The normalized spacial score (nSPS) is 23.9. The van der Waals surface area contributed by atoms with Crippen molar-refractivity contribution in [2.45, 2.75) is 57.8 Å². The highest BCUT2D eigenvalue weighted by molar-refractivity contribution is 7.80. The Morgan fingerprint density at radius 1 is 0.973 bits per heavy atom. The van der Waals surface area contributed by atoms with Gasteiger partial charge in [-0.05, 0) is 48.9 Å². The fraction of sp³-hybridized carbons (Fsp3) is 0.621. The number of anilines is 3. The number of piperidine rings is 1. The van der Waals surface area contributed by atoms with Gasteiger partial charge in [0.15, 0.2) is 5.11 Å². The summed E-state index contributed by atoms with van der Waals surface area (Å²) in [6, 6.07) is 13.1. The van der Waals surface area contributed by atoms with Crippen LogP contribution >= 0.6 is 12.2 Å². The van der Waals surface area contributed by atoms with Gasteiger partial charge in [-0.3, -0.25) is 0 Å². The van der Waals surface area contributed by atoms with Crippen LogP contribution < -0.4 is 20.4 Å². The first-order chi connectivity index (χ1) is 18.0. The third kappa shape index (κ3) is 6.52. The molecule has 200 valence electrons. The lowest BCUT2D eigenvalue weighted by molar-refractivity contribution is 0.122. The number of hydrogen-bond acceptors (Lipinski definition) is 6. The number of aromatic nitrogens is 2. The van der Waals surface area contributed by atoms with Gasteiger partial charge >= 0.3 is 0 Å². The molecular weight excluding hydrogens is 480 g/mol. The van der Waals surface area contributed by atoms with Crippen LogP contribution in [0, 0.1) is 11.8 Å². The summed E-state index contributed by atoms with van der Waals surface area (Å²) in [5.74, 6) is 3.79. The maximum Gasteiger partial charge on any atom is 0.232 e. The predicted molar refractivity (Wildman–Crippen MR) is 156 cm³/mol. The molecule has 0 bridgehead atoms. The van der Waals surface area contributed by atoms with Crippen molar-refractivity contribution in [3.63, 3.8) is 0 Å². The molecule has 1 aromatic carbocycles. The zero-order chi connectivity index (χ0) is 25.7. The Morgan fingerprint density at radius 3 is 2.30 bits per heavy atom. The molecule has 2 unspecified atom stereocenters. The van der Waals surface area contributed by atoms with Gasteiger partial charge in [-0.25, -0.2) is 0 Å². The van der Waals surface area contributed by atoms with E-state index < -0.39 is 0 Å². The van der Waals surface area contributed by atoms with Crippen molar-refractivity contribution in [2.24, 2.45) is 11.8 Å². The summed E-state index contributed by atoms with van der Waals surface area (Å²) in [4.78, 5) is 14.5. The Bertz CT molecular complexity index is 1030. The second kappa shape index (κ2) is 11.9. The summed E-state index contributed by atoms with van der Waals surface area (Å²) in [5, 5.41) is 7.48. The van der Waals surface area contributed by atoms with Crippen LogP contribution in [0.1, 0.15) is 57.9 Å². The minimum atomic E-state index is 0.118. The first-order valence-corrected chi connectivity index (χ1v) is 14.5. The van der Waals surface area contributed by atoms with Gasteiger partial charge in [0.1, 0.15) is 11.6 Å². The van der Waals surface area contributed by atoms with E-state index in [4.69, 9.17) is 26.9 Å². The van der Waals surface area contributed by atoms with Crippen molar-refractivity contribution < 1.29 is 4.74 Å². The molecule has 37 heavy (non-hydrogen) atoms. The molecular formula is C29H42N6OS. The Morgan fingerprint density at radius 2 is 1.62 bits per heavy atom. The minimum Gasteiger partial charge on any atom is -0.378 e. The smallest absolute Gasteiger partial charge is 0.232 e. The highest BCUT2D eigenvalue weighted by Crippen LogP contribution is 2.39. The van der Waals surface area contributed by atoms with Crippen molar-refractivity contribution in [2.75, 3.05) is 61.1 Å². The second-order valence-electron chi connectivity index (χ2n) is 11.4. The number of rotatable bonds is 6. The van der Waals surface area contributed by atoms with Gasteiger partial charge < -0.3 is 25.2 Å². The van der Waals surface area contributed by atoms with Gasteiger partial charge in [0.2, 0.25) is 5.95 Å². The average Bonchev–Trinajstić information content (AvgIpc) is 2.93. The molecule has 7 nitrogen and oxygen atoms in total. The van der Waals surface area contributed by atoms with Crippen LogP contribution in [0.5, 0.6) is 0 Å². The van der Waals surface area contributed by atoms with E-state index in [9.17, 15) is 0 Å². The number of morpholine rings is 1. The molecule has 3 aliphatic rings. The number of nitrogens with one attached hydrogen (secondary N) is 2. The topological polar surface area (TPSA) is 65.6 Å². The van der Waals surface area contributed by atoms with E-state index in [1.165, 1.54) is 44.1 Å². The number of ether oxygens (including phenoxy) is 1. The zero-order valence-corrected chi connectivity index (χ0v) is 23.2. The van der Waals surface area contributed by atoms with E-state index in [-0.39, 0.29) is 5.41 Å². The lowest BCUT2D eigenvalue weighted by Gasteiger charge is -2.38. The summed E-state index contributed by atoms with van der Waals surface area (Å²) in [6.45, 7) is 10.6. The molecule has 5 rings (SSSR count). The van der Waals surface area contributed by atoms with Crippen LogP contribution in [0.3, 0.4) is 0 Å². The van der Waals surface area contributed by atoms with Crippen LogP contribution in [0.25, 0.3) is 0 Å². The molecule has 0 amide bonds. The van der Waals surface area contributed by atoms with Gasteiger partial charge in [0.05, 0.1) is 13.2 Å². The lowest BCUT2D eigenvalue weighted by Crippen LogP contribution is -2.44. The van der Waals surface area contributed by atoms with E-state index in [0.717, 1.165) is 57.6 Å². The van der Waals surface area contributed by atoms with E-state index in [1.807, 2.05) is 0 Å². The SMILES string of the molecule is CC1CC(C)CN(c2cc(N3CCOCC3)nc(NC(=S)NCC3(c4ccccc4)CCCCC3)n2)C1. The van der Waals surface area contributed by atoms with Crippen LogP contribution in [0.15, 0.2) is 36.4 Å². The molecule has 1 saturated carbocycles. The molecule has 2 saturated heterocycles. The Kier molecular flexibility index (Phi) is 8.45. The third-order valence-corrected chi connectivity index (χ3v) is 8.48. The molecule has 3 heterocycles. The fourth-order valence-corrected chi connectivity index (χ4v) is 6.59. The van der Waals surface area contributed by atoms with E-state index in [0.29, 0.717) is 22.9 Å². The quantitative estimate of drug-likeness (QED) is 0.515. The van der Waals surface area contributed by atoms with Crippen LogP contribution in [-0.4, -0.2) is 61.0 Å². The summed E-state index contributed by atoms with van der Waals surface area (Å²) in [7, 11) is 0. The molecule has 2 N–H and O–H groups in total. The van der Waals surface area contributed by atoms with Crippen molar-refractivity contribution in [1.82, 2.24) is 15.3 Å². The summed E-state index contributed by atoms with van der Waals surface area (Å²) in [6.07, 6.45) is 7.47.